The van der Waals surface area contributed by atoms with Crippen LogP contribution in [0.2, 0.25) is 0 Å². The Labute approximate surface area is 146 Å². The van der Waals surface area contributed by atoms with Crippen LogP contribution in [0.15, 0.2) is 72.8 Å². The molecule has 3 aromatic rings. The van der Waals surface area contributed by atoms with Crippen molar-refractivity contribution in [3.8, 4) is 11.3 Å². The first-order valence-corrected chi connectivity index (χ1v) is 7.78. The third-order valence-corrected chi connectivity index (χ3v) is 3.60. The second-order valence-electron chi connectivity index (χ2n) is 5.48. The Kier molecular flexibility index (Phi) is 4.76. The van der Waals surface area contributed by atoms with Gasteiger partial charge in [0.25, 0.3) is 0 Å². The molecule has 0 aliphatic carbocycles. The van der Waals surface area contributed by atoms with Crippen LogP contribution in [0.1, 0.15) is 5.69 Å². The van der Waals surface area contributed by atoms with Gasteiger partial charge in [-0.05, 0) is 42.5 Å². The molecule has 0 spiro atoms. The van der Waals surface area contributed by atoms with Crippen molar-refractivity contribution in [2.24, 2.45) is 0 Å². The van der Waals surface area contributed by atoms with E-state index < -0.39 is 0 Å². The van der Waals surface area contributed by atoms with Gasteiger partial charge in [-0.2, -0.15) is 0 Å². The summed E-state index contributed by atoms with van der Waals surface area (Å²) in [5.74, 6) is -0.266. The van der Waals surface area contributed by atoms with Gasteiger partial charge in [-0.25, -0.2) is 4.98 Å². The second-order valence-corrected chi connectivity index (χ2v) is 5.48. The van der Waals surface area contributed by atoms with Gasteiger partial charge in [0.2, 0.25) is 5.91 Å². The number of hydrogen-bond donors (Lipinski definition) is 3. The van der Waals surface area contributed by atoms with Crippen LogP contribution < -0.4 is 16.8 Å². The number of pyridine rings is 1. The number of aromatic nitrogens is 1. The lowest BCUT2D eigenvalue weighted by atomic mass is 10.1. The molecule has 5 N–H and O–H groups in total. The average Bonchev–Trinajstić information content (AvgIpc) is 2.63. The van der Waals surface area contributed by atoms with Crippen molar-refractivity contribution in [2.75, 3.05) is 16.8 Å². The fraction of sp³-hybridized carbons (Fsp3) is 0. The highest BCUT2D eigenvalue weighted by Gasteiger charge is 2.02. The number of rotatable bonds is 4. The fourth-order valence-corrected chi connectivity index (χ4v) is 2.31. The smallest absolute Gasteiger partial charge is 0.248 e. The van der Waals surface area contributed by atoms with Crippen LogP contribution in [0.25, 0.3) is 17.3 Å². The molecule has 0 fully saturated rings. The predicted octanol–water partition coefficient (Wildman–Crippen LogP) is 3.56. The maximum Gasteiger partial charge on any atom is 0.248 e. The van der Waals surface area contributed by atoms with Crippen molar-refractivity contribution in [3.05, 3.63) is 78.5 Å². The van der Waals surface area contributed by atoms with Crippen LogP contribution in [0.3, 0.4) is 0 Å². The maximum absolute atomic E-state index is 12.0. The van der Waals surface area contributed by atoms with E-state index in [1.54, 1.807) is 18.2 Å². The highest BCUT2D eigenvalue weighted by atomic mass is 16.1. The molecule has 0 aliphatic heterocycles. The van der Waals surface area contributed by atoms with E-state index in [1.165, 1.54) is 6.08 Å². The number of benzene rings is 2. The fourth-order valence-electron chi connectivity index (χ4n) is 2.31. The van der Waals surface area contributed by atoms with E-state index in [4.69, 9.17) is 11.5 Å². The first-order chi connectivity index (χ1) is 12.1. The summed E-state index contributed by atoms with van der Waals surface area (Å²) in [7, 11) is 0. The Morgan fingerprint density at radius 1 is 0.920 bits per heavy atom. The van der Waals surface area contributed by atoms with Gasteiger partial charge in [-0.15, -0.1) is 0 Å². The molecular weight excluding hydrogens is 312 g/mol. The molecular formula is C20H18N4O. The van der Waals surface area contributed by atoms with E-state index >= 15 is 0 Å². The molecule has 0 saturated carbocycles. The number of carbonyl (C=O) groups excluding carboxylic acids is 1. The largest absolute Gasteiger partial charge is 0.399 e. The van der Waals surface area contributed by atoms with Gasteiger partial charge in [0.05, 0.1) is 22.8 Å². The molecule has 1 heterocycles. The first-order valence-electron chi connectivity index (χ1n) is 7.78. The normalized spacial score (nSPS) is 10.7. The summed E-state index contributed by atoms with van der Waals surface area (Å²) in [6.45, 7) is 0. The highest BCUT2D eigenvalue weighted by Crippen LogP contribution is 2.19. The van der Waals surface area contributed by atoms with Gasteiger partial charge < -0.3 is 16.8 Å². The van der Waals surface area contributed by atoms with Gasteiger partial charge >= 0.3 is 0 Å². The molecule has 3 rings (SSSR count). The summed E-state index contributed by atoms with van der Waals surface area (Å²) in [4.78, 5) is 16.6. The van der Waals surface area contributed by atoms with Crippen LogP contribution >= 0.6 is 0 Å². The molecule has 0 aliphatic rings. The minimum absolute atomic E-state index is 0.266. The lowest BCUT2D eigenvalue weighted by molar-refractivity contribution is -0.111. The summed E-state index contributed by atoms with van der Waals surface area (Å²) < 4.78 is 0. The standard InChI is InChI=1S/C20H18N4O/c21-15-10-8-14(9-11-15)18-7-3-4-16(23-18)12-13-20(25)24-19-6-2-1-5-17(19)22/h1-13H,21-22H2,(H,24,25). The number of anilines is 3. The van der Waals surface area contributed by atoms with E-state index in [0.717, 1.165) is 11.3 Å². The Bertz CT molecular complexity index is 917. The summed E-state index contributed by atoms with van der Waals surface area (Å²) in [5, 5.41) is 2.74. The number of nitrogens with one attached hydrogen (secondary N) is 1. The third-order valence-electron chi connectivity index (χ3n) is 3.60. The molecule has 5 nitrogen and oxygen atoms in total. The molecule has 0 atom stereocenters. The van der Waals surface area contributed by atoms with Crippen molar-refractivity contribution in [3.63, 3.8) is 0 Å². The Morgan fingerprint density at radius 2 is 1.68 bits per heavy atom. The zero-order valence-electron chi connectivity index (χ0n) is 13.5. The van der Waals surface area contributed by atoms with Gasteiger partial charge in [-0.1, -0.05) is 30.3 Å². The van der Waals surface area contributed by atoms with E-state index in [2.05, 4.69) is 10.3 Å². The number of hydrogen-bond acceptors (Lipinski definition) is 4. The summed E-state index contributed by atoms with van der Waals surface area (Å²) in [6, 6.07) is 20.2. The van der Waals surface area contributed by atoms with Crippen LogP contribution in [-0.2, 0) is 4.79 Å². The van der Waals surface area contributed by atoms with Gasteiger partial charge in [0.15, 0.2) is 0 Å². The molecule has 124 valence electrons. The van der Waals surface area contributed by atoms with Crippen LogP contribution in [0, 0.1) is 0 Å². The lowest BCUT2D eigenvalue weighted by Crippen LogP contribution is -2.09. The molecule has 2 aromatic carbocycles. The van der Waals surface area contributed by atoms with Gasteiger partial charge in [0, 0.05) is 17.3 Å². The summed E-state index contributed by atoms with van der Waals surface area (Å²) in [5.41, 5.74) is 15.8. The summed E-state index contributed by atoms with van der Waals surface area (Å²) in [6.07, 6.45) is 3.09. The van der Waals surface area contributed by atoms with Crippen molar-refractivity contribution in [2.45, 2.75) is 0 Å². The molecule has 0 bridgehead atoms. The minimum atomic E-state index is -0.266. The minimum Gasteiger partial charge on any atom is -0.399 e. The third kappa shape index (κ3) is 4.23. The highest BCUT2D eigenvalue weighted by molar-refractivity contribution is 6.03. The number of amides is 1. The maximum atomic E-state index is 12.0. The van der Waals surface area contributed by atoms with E-state index in [1.807, 2.05) is 54.6 Å². The Balaban J connectivity index is 1.73. The number of para-hydroxylation sites is 2. The van der Waals surface area contributed by atoms with Crippen LogP contribution in [0.5, 0.6) is 0 Å². The molecule has 1 amide bonds. The Morgan fingerprint density at radius 3 is 2.44 bits per heavy atom. The number of carbonyl (C=O) groups is 1. The quantitative estimate of drug-likeness (QED) is 0.503. The Hall–Kier alpha value is -3.60. The zero-order valence-corrected chi connectivity index (χ0v) is 13.5. The average molecular weight is 330 g/mol. The van der Waals surface area contributed by atoms with Crippen molar-refractivity contribution >= 4 is 29.0 Å². The molecule has 0 saturated heterocycles. The van der Waals surface area contributed by atoms with Crippen molar-refractivity contribution in [1.82, 2.24) is 4.98 Å². The molecule has 1 aromatic heterocycles. The van der Waals surface area contributed by atoms with E-state index in [0.29, 0.717) is 22.8 Å². The number of nitrogen functional groups attached to an aromatic ring is 2. The lowest BCUT2D eigenvalue weighted by Gasteiger charge is -2.05. The number of nitrogens with two attached hydrogens (primary N) is 2. The van der Waals surface area contributed by atoms with Gasteiger partial charge in [0.1, 0.15) is 0 Å². The second kappa shape index (κ2) is 7.31. The van der Waals surface area contributed by atoms with Crippen LogP contribution in [-0.4, -0.2) is 10.9 Å². The molecule has 25 heavy (non-hydrogen) atoms. The van der Waals surface area contributed by atoms with E-state index in [9.17, 15) is 4.79 Å². The SMILES string of the molecule is Nc1ccc(-c2cccc(C=CC(=O)Nc3ccccc3N)n2)cc1. The molecule has 5 heteroatoms. The molecule has 0 radical (unpaired) electrons. The predicted molar refractivity (Wildman–Crippen MR) is 103 cm³/mol. The summed E-state index contributed by atoms with van der Waals surface area (Å²) >= 11 is 0. The topological polar surface area (TPSA) is 94.0 Å². The van der Waals surface area contributed by atoms with Crippen LogP contribution in [0.4, 0.5) is 17.1 Å². The van der Waals surface area contributed by atoms with Gasteiger partial charge in [-0.3, -0.25) is 4.79 Å². The zero-order chi connectivity index (χ0) is 17.6. The first kappa shape index (κ1) is 16.3. The van der Waals surface area contributed by atoms with E-state index in [-0.39, 0.29) is 5.91 Å². The monoisotopic (exact) mass is 330 g/mol. The molecule has 0 unspecified atom stereocenters. The number of nitrogens with zero attached hydrogens (tertiary/aromatic N) is 1. The van der Waals surface area contributed by atoms with Crippen molar-refractivity contribution in [1.29, 1.82) is 0 Å². The van der Waals surface area contributed by atoms with Crippen molar-refractivity contribution < 1.29 is 4.79 Å².